The standard InChI is InChI=1S/C22H13NO4S2/c24-19-16-12-7-13-17(23(26)27)18(16)20(25)22(29-15-10-5-2-6-11-15)21(19)28-14-8-3-1-4-9-14/h1-13H. The van der Waals surface area contributed by atoms with E-state index in [1.807, 2.05) is 60.7 Å². The summed E-state index contributed by atoms with van der Waals surface area (Å²) in [5.41, 5.74) is -0.422. The minimum atomic E-state index is -0.621. The molecule has 0 spiro atoms. The monoisotopic (exact) mass is 419 g/mol. The number of rotatable bonds is 5. The van der Waals surface area contributed by atoms with E-state index in [1.54, 1.807) is 0 Å². The molecule has 0 amide bonds. The molecule has 0 atom stereocenters. The largest absolute Gasteiger partial charge is 0.288 e. The van der Waals surface area contributed by atoms with E-state index >= 15 is 0 Å². The molecule has 3 aromatic carbocycles. The van der Waals surface area contributed by atoms with Gasteiger partial charge < -0.3 is 0 Å². The third-order valence-corrected chi connectivity index (χ3v) is 6.59. The van der Waals surface area contributed by atoms with Gasteiger partial charge in [-0.15, -0.1) is 0 Å². The van der Waals surface area contributed by atoms with Crippen molar-refractivity contribution >= 4 is 40.8 Å². The Balaban J connectivity index is 1.88. The third kappa shape index (κ3) is 3.74. The van der Waals surface area contributed by atoms with Gasteiger partial charge in [0.2, 0.25) is 11.6 Å². The summed E-state index contributed by atoms with van der Waals surface area (Å²) >= 11 is 2.35. The maximum absolute atomic E-state index is 13.3. The van der Waals surface area contributed by atoms with Crippen molar-refractivity contribution in [3.63, 3.8) is 0 Å². The van der Waals surface area contributed by atoms with Gasteiger partial charge in [0, 0.05) is 21.4 Å². The van der Waals surface area contributed by atoms with E-state index in [9.17, 15) is 19.7 Å². The highest BCUT2D eigenvalue weighted by Gasteiger charge is 2.38. The molecule has 142 valence electrons. The Kier molecular flexibility index (Phi) is 5.33. The van der Waals surface area contributed by atoms with Crippen LogP contribution in [-0.4, -0.2) is 16.5 Å². The van der Waals surface area contributed by atoms with Gasteiger partial charge in [-0.3, -0.25) is 19.7 Å². The van der Waals surface area contributed by atoms with Gasteiger partial charge in [-0.2, -0.15) is 0 Å². The number of fused-ring (bicyclic) bond motifs is 1. The van der Waals surface area contributed by atoms with Gasteiger partial charge in [-0.1, -0.05) is 66.0 Å². The molecule has 0 aliphatic heterocycles. The summed E-state index contributed by atoms with van der Waals surface area (Å²) in [6.45, 7) is 0. The van der Waals surface area contributed by atoms with Gasteiger partial charge in [0.1, 0.15) is 5.56 Å². The van der Waals surface area contributed by atoms with Crippen molar-refractivity contribution in [1.29, 1.82) is 0 Å². The quantitative estimate of drug-likeness (QED) is 0.386. The minimum Gasteiger partial charge on any atom is -0.288 e. The number of allylic oxidation sites excluding steroid dienone is 2. The molecule has 7 heteroatoms. The number of hydrogen-bond acceptors (Lipinski definition) is 6. The smallest absolute Gasteiger partial charge is 0.281 e. The van der Waals surface area contributed by atoms with Gasteiger partial charge in [-0.05, 0) is 30.3 Å². The van der Waals surface area contributed by atoms with E-state index < -0.39 is 10.7 Å². The Bertz CT molecular complexity index is 1160. The number of hydrogen-bond donors (Lipinski definition) is 0. The lowest BCUT2D eigenvalue weighted by molar-refractivity contribution is -0.385. The Morgan fingerprint density at radius 1 is 0.655 bits per heavy atom. The Morgan fingerprint density at radius 3 is 1.69 bits per heavy atom. The highest BCUT2D eigenvalue weighted by atomic mass is 32.2. The second-order valence-electron chi connectivity index (χ2n) is 6.10. The summed E-state index contributed by atoms with van der Waals surface area (Å²) in [5, 5.41) is 11.5. The molecule has 0 radical (unpaired) electrons. The van der Waals surface area contributed by atoms with Gasteiger partial charge in [0.05, 0.1) is 14.7 Å². The third-order valence-electron chi connectivity index (χ3n) is 4.26. The van der Waals surface area contributed by atoms with Crippen LogP contribution in [-0.2, 0) is 0 Å². The van der Waals surface area contributed by atoms with Crippen LogP contribution in [0, 0.1) is 10.1 Å². The molecular formula is C22H13NO4S2. The van der Waals surface area contributed by atoms with Crippen molar-refractivity contribution in [2.75, 3.05) is 0 Å². The average molecular weight is 419 g/mol. The van der Waals surface area contributed by atoms with E-state index in [0.717, 1.165) is 21.6 Å². The van der Waals surface area contributed by atoms with Crippen molar-refractivity contribution < 1.29 is 14.5 Å². The fourth-order valence-electron chi connectivity index (χ4n) is 2.96. The molecular weight excluding hydrogens is 406 g/mol. The van der Waals surface area contributed by atoms with Crippen molar-refractivity contribution in [2.45, 2.75) is 9.79 Å². The van der Waals surface area contributed by atoms with Crippen LogP contribution in [0.4, 0.5) is 5.69 Å². The first kappa shape index (κ1) is 19.2. The van der Waals surface area contributed by atoms with Crippen LogP contribution in [0.15, 0.2) is 98.5 Å². The van der Waals surface area contributed by atoms with Crippen LogP contribution in [0.5, 0.6) is 0 Å². The second-order valence-corrected chi connectivity index (χ2v) is 8.27. The second kappa shape index (κ2) is 8.06. The summed E-state index contributed by atoms with van der Waals surface area (Å²) in [5.74, 6) is -0.880. The normalized spacial score (nSPS) is 13.4. The summed E-state index contributed by atoms with van der Waals surface area (Å²) in [6, 6.07) is 22.6. The molecule has 0 N–H and O–H groups in total. The maximum atomic E-state index is 13.3. The zero-order valence-corrected chi connectivity index (χ0v) is 16.5. The predicted molar refractivity (Wildman–Crippen MR) is 113 cm³/mol. The maximum Gasteiger partial charge on any atom is 0.281 e. The molecule has 0 bridgehead atoms. The van der Waals surface area contributed by atoms with Crippen molar-refractivity contribution in [3.8, 4) is 0 Å². The van der Waals surface area contributed by atoms with E-state index in [2.05, 4.69) is 0 Å². The Hall–Kier alpha value is -3.16. The molecule has 5 nitrogen and oxygen atoms in total. The molecule has 0 unspecified atom stereocenters. The van der Waals surface area contributed by atoms with Crippen LogP contribution >= 0.6 is 23.5 Å². The number of thioether (sulfide) groups is 2. The summed E-state index contributed by atoms with van der Waals surface area (Å²) in [4.78, 5) is 39.5. The van der Waals surface area contributed by atoms with Gasteiger partial charge in [-0.25, -0.2) is 0 Å². The van der Waals surface area contributed by atoms with E-state index in [1.165, 1.54) is 30.0 Å². The number of benzene rings is 3. The van der Waals surface area contributed by atoms with Crippen LogP contribution < -0.4 is 0 Å². The van der Waals surface area contributed by atoms with Crippen molar-refractivity contribution in [1.82, 2.24) is 0 Å². The van der Waals surface area contributed by atoms with E-state index in [0.29, 0.717) is 0 Å². The van der Waals surface area contributed by atoms with Crippen LogP contribution in [0.2, 0.25) is 0 Å². The Morgan fingerprint density at radius 2 is 1.17 bits per heavy atom. The number of nitrogens with zero attached hydrogens (tertiary/aromatic N) is 1. The summed E-state index contributed by atoms with van der Waals surface area (Å²) in [6.07, 6.45) is 0. The Labute approximate surface area is 175 Å². The van der Waals surface area contributed by atoms with Crippen LogP contribution in [0.3, 0.4) is 0 Å². The minimum absolute atomic E-state index is 0.0695. The lowest BCUT2D eigenvalue weighted by Gasteiger charge is -2.20. The fraction of sp³-hybridized carbons (Fsp3) is 0. The molecule has 3 aromatic rings. The topological polar surface area (TPSA) is 77.3 Å². The number of ketones is 2. The number of nitro benzene ring substituents is 1. The number of nitro groups is 1. The molecule has 0 fully saturated rings. The number of carbonyl (C=O) groups excluding carboxylic acids is 2. The molecule has 4 rings (SSSR count). The van der Waals surface area contributed by atoms with Crippen LogP contribution in [0.25, 0.3) is 0 Å². The molecule has 0 saturated carbocycles. The van der Waals surface area contributed by atoms with E-state index in [-0.39, 0.29) is 32.4 Å². The first-order valence-electron chi connectivity index (χ1n) is 8.63. The first-order valence-corrected chi connectivity index (χ1v) is 10.3. The van der Waals surface area contributed by atoms with Gasteiger partial charge in [0.15, 0.2) is 0 Å². The highest BCUT2D eigenvalue weighted by molar-refractivity contribution is 8.08. The van der Waals surface area contributed by atoms with Crippen molar-refractivity contribution in [3.05, 3.63) is 110 Å². The molecule has 29 heavy (non-hydrogen) atoms. The summed E-state index contributed by atoms with van der Waals surface area (Å²) in [7, 11) is 0. The van der Waals surface area contributed by atoms with Crippen molar-refractivity contribution in [2.24, 2.45) is 0 Å². The molecule has 1 aliphatic carbocycles. The lowest BCUT2D eigenvalue weighted by atomic mass is 9.93. The van der Waals surface area contributed by atoms with E-state index in [4.69, 9.17) is 0 Å². The lowest BCUT2D eigenvalue weighted by Crippen LogP contribution is -2.21. The van der Waals surface area contributed by atoms with Gasteiger partial charge in [0.25, 0.3) is 5.69 Å². The van der Waals surface area contributed by atoms with Gasteiger partial charge >= 0.3 is 0 Å². The number of carbonyl (C=O) groups is 2. The number of Topliss-reactive ketones (excluding diaryl/α,β-unsaturated/α-hetero) is 2. The molecule has 0 aromatic heterocycles. The fourth-order valence-corrected chi connectivity index (χ4v) is 5.04. The predicted octanol–water partition coefficient (Wildman–Crippen LogP) is 5.77. The van der Waals surface area contributed by atoms with Crippen LogP contribution in [0.1, 0.15) is 20.7 Å². The average Bonchev–Trinajstić information content (AvgIpc) is 2.75. The first-order chi connectivity index (χ1) is 14.1. The zero-order chi connectivity index (χ0) is 20.4. The molecule has 1 aliphatic rings. The SMILES string of the molecule is O=C1C(Sc2ccccc2)=C(Sc2ccccc2)C(=O)c2c1cccc2[N+](=O)[O-]. The molecule has 0 saturated heterocycles. The summed E-state index contributed by atoms with van der Waals surface area (Å²) < 4.78 is 0. The zero-order valence-electron chi connectivity index (χ0n) is 14.9. The molecule has 0 heterocycles. The highest BCUT2D eigenvalue weighted by Crippen LogP contribution is 2.45.